The third-order valence-corrected chi connectivity index (χ3v) is 3.85. The van der Waals surface area contributed by atoms with E-state index in [0.717, 1.165) is 16.4 Å². The number of aromatic nitrogens is 1. The second-order valence-corrected chi connectivity index (χ2v) is 6.23. The van der Waals surface area contributed by atoms with Crippen LogP contribution in [-0.2, 0) is 4.79 Å². The van der Waals surface area contributed by atoms with Crippen molar-refractivity contribution < 1.29 is 9.53 Å². The molecule has 1 aromatic heterocycles. The van der Waals surface area contributed by atoms with E-state index in [0.29, 0.717) is 5.75 Å². The molecule has 0 saturated carbocycles. The van der Waals surface area contributed by atoms with Crippen molar-refractivity contribution in [1.29, 1.82) is 0 Å². The van der Waals surface area contributed by atoms with Crippen molar-refractivity contribution in [3.8, 4) is 5.75 Å². The molecule has 1 heterocycles. The second-order valence-electron chi connectivity index (χ2n) is 4.82. The molecule has 3 N–H and O–H groups in total. The standard InChI is InChI=1S/C15H19N3O2S/c1-9(15-10(2)21-11(3)18-15)17-12-5-4-6-13(7-12)20-8-14(16)19/h4-7,9,17H,8H2,1-3H3,(H2,16,19). The zero-order valence-electron chi connectivity index (χ0n) is 12.3. The molecule has 2 rings (SSSR count). The van der Waals surface area contributed by atoms with E-state index in [9.17, 15) is 4.79 Å². The Kier molecular flexibility index (Phi) is 4.80. The first-order valence-corrected chi connectivity index (χ1v) is 7.49. The lowest BCUT2D eigenvalue weighted by atomic mass is 10.2. The fourth-order valence-electron chi connectivity index (χ4n) is 2.10. The minimum atomic E-state index is -0.490. The minimum Gasteiger partial charge on any atom is -0.484 e. The van der Waals surface area contributed by atoms with Crippen LogP contribution in [0, 0.1) is 13.8 Å². The number of thiazole rings is 1. The number of ether oxygens (including phenoxy) is 1. The average molecular weight is 305 g/mol. The number of amides is 1. The summed E-state index contributed by atoms with van der Waals surface area (Å²) >= 11 is 1.70. The Morgan fingerprint density at radius 2 is 2.24 bits per heavy atom. The second kappa shape index (κ2) is 6.58. The molecule has 0 aliphatic rings. The summed E-state index contributed by atoms with van der Waals surface area (Å²) in [4.78, 5) is 16.5. The summed E-state index contributed by atoms with van der Waals surface area (Å²) < 4.78 is 5.30. The van der Waals surface area contributed by atoms with Gasteiger partial charge in [-0.25, -0.2) is 4.98 Å². The first kappa shape index (κ1) is 15.3. The first-order valence-electron chi connectivity index (χ1n) is 6.67. The highest BCUT2D eigenvalue weighted by molar-refractivity contribution is 7.11. The van der Waals surface area contributed by atoms with E-state index >= 15 is 0 Å². The molecule has 1 atom stereocenters. The molecule has 0 radical (unpaired) electrons. The van der Waals surface area contributed by atoms with Gasteiger partial charge in [0.1, 0.15) is 5.75 Å². The van der Waals surface area contributed by atoms with Crippen LogP contribution in [-0.4, -0.2) is 17.5 Å². The van der Waals surface area contributed by atoms with E-state index < -0.39 is 5.91 Å². The summed E-state index contributed by atoms with van der Waals surface area (Å²) in [5.41, 5.74) is 7.04. The summed E-state index contributed by atoms with van der Waals surface area (Å²) in [7, 11) is 0. The monoisotopic (exact) mass is 305 g/mol. The molecule has 0 saturated heterocycles. The fourth-order valence-corrected chi connectivity index (χ4v) is 3.01. The third-order valence-electron chi connectivity index (χ3n) is 2.95. The van der Waals surface area contributed by atoms with E-state index in [-0.39, 0.29) is 12.6 Å². The molecule has 1 aromatic carbocycles. The highest BCUT2D eigenvalue weighted by Gasteiger charge is 2.13. The Balaban J connectivity index is 2.07. The number of carbonyl (C=O) groups is 1. The zero-order valence-corrected chi connectivity index (χ0v) is 13.2. The molecule has 0 aliphatic carbocycles. The lowest BCUT2D eigenvalue weighted by molar-refractivity contribution is -0.119. The van der Waals surface area contributed by atoms with Crippen LogP contribution in [0.3, 0.4) is 0 Å². The van der Waals surface area contributed by atoms with Crippen LogP contribution >= 0.6 is 11.3 Å². The van der Waals surface area contributed by atoms with E-state index in [1.807, 2.05) is 25.1 Å². The number of carbonyl (C=O) groups excluding carboxylic acids is 1. The predicted molar refractivity (Wildman–Crippen MR) is 84.8 cm³/mol. The minimum absolute atomic E-state index is 0.0985. The molecule has 112 valence electrons. The van der Waals surface area contributed by atoms with Crippen molar-refractivity contribution in [2.75, 3.05) is 11.9 Å². The lowest BCUT2D eigenvalue weighted by Gasteiger charge is -2.15. The number of rotatable bonds is 6. The number of nitrogens with two attached hydrogens (primary N) is 1. The number of anilines is 1. The average Bonchev–Trinajstić information content (AvgIpc) is 2.76. The van der Waals surface area contributed by atoms with Crippen molar-refractivity contribution in [3.05, 3.63) is 39.8 Å². The van der Waals surface area contributed by atoms with Crippen LogP contribution < -0.4 is 15.8 Å². The van der Waals surface area contributed by atoms with Crippen LogP contribution in [0.25, 0.3) is 0 Å². The van der Waals surface area contributed by atoms with Gasteiger partial charge in [0, 0.05) is 16.6 Å². The quantitative estimate of drug-likeness (QED) is 0.860. The van der Waals surface area contributed by atoms with Gasteiger partial charge in [-0.1, -0.05) is 6.07 Å². The van der Waals surface area contributed by atoms with Gasteiger partial charge in [-0.2, -0.15) is 0 Å². The number of aryl methyl sites for hydroxylation is 2. The maximum Gasteiger partial charge on any atom is 0.255 e. The number of hydrogen-bond donors (Lipinski definition) is 2. The van der Waals surface area contributed by atoms with Crippen molar-refractivity contribution in [2.45, 2.75) is 26.8 Å². The van der Waals surface area contributed by atoms with Gasteiger partial charge >= 0.3 is 0 Å². The maximum atomic E-state index is 10.7. The Hall–Kier alpha value is -2.08. The number of primary amides is 1. The fraction of sp³-hybridized carbons (Fsp3) is 0.333. The zero-order chi connectivity index (χ0) is 15.4. The molecule has 0 fully saturated rings. The number of hydrogen-bond acceptors (Lipinski definition) is 5. The molecule has 0 spiro atoms. The van der Waals surface area contributed by atoms with Gasteiger partial charge in [-0.15, -0.1) is 11.3 Å². The maximum absolute atomic E-state index is 10.7. The van der Waals surface area contributed by atoms with Gasteiger partial charge in [0.2, 0.25) is 0 Å². The van der Waals surface area contributed by atoms with Crippen molar-refractivity contribution in [2.24, 2.45) is 5.73 Å². The van der Waals surface area contributed by atoms with Crippen LogP contribution in [0.1, 0.15) is 28.5 Å². The SMILES string of the molecule is Cc1nc(C(C)Nc2cccc(OCC(N)=O)c2)c(C)s1. The molecule has 2 aromatic rings. The summed E-state index contributed by atoms with van der Waals surface area (Å²) in [6.45, 7) is 6.03. The summed E-state index contributed by atoms with van der Waals surface area (Å²) in [6.07, 6.45) is 0. The molecule has 1 unspecified atom stereocenters. The van der Waals surface area contributed by atoms with Crippen LogP contribution in [0.5, 0.6) is 5.75 Å². The molecule has 1 amide bonds. The van der Waals surface area contributed by atoms with Crippen LogP contribution in [0.4, 0.5) is 5.69 Å². The first-order chi connectivity index (χ1) is 9.95. The molecule has 6 heteroatoms. The number of benzene rings is 1. The molecule has 0 aliphatic heterocycles. The molecule has 21 heavy (non-hydrogen) atoms. The van der Waals surface area contributed by atoms with E-state index in [1.54, 1.807) is 17.4 Å². The van der Waals surface area contributed by atoms with Gasteiger partial charge in [0.15, 0.2) is 6.61 Å². The van der Waals surface area contributed by atoms with E-state index in [4.69, 9.17) is 10.5 Å². The van der Waals surface area contributed by atoms with Crippen molar-refractivity contribution in [3.63, 3.8) is 0 Å². The van der Waals surface area contributed by atoms with E-state index in [2.05, 4.69) is 24.1 Å². The van der Waals surface area contributed by atoms with Gasteiger partial charge in [-0.05, 0) is 32.9 Å². The highest BCUT2D eigenvalue weighted by Crippen LogP contribution is 2.26. The number of nitrogens with one attached hydrogen (secondary N) is 1. The topological polar surface area (TPSA) is 77.2 Å². The molecular formula is C15H19N3O2S. The van der Waals surface area contributed by atoms with Crippen molar-refractivity contribution >= 4 is 22.9 Å². The Morgan fingerprint density at radius 1 is 1.48 bits per heavy atom. The lowest BCUT2D eigenvalue weighted by Crippen LogP contribution is -2.20. The predicted octanol–water partition coefficient (Wildman–Crippen LogP) is 2.80. The summed E-state index contributed by atoms with van der Waals surface area (Å²) in [5, 5.41) is 4.45. The highest BCUT2D eigenvalue weighted by atomic mass is 32.1. The Morgan fingerprint density at radius 3 is 2.86 bits per heavy atom. The largest absolute Gasteiger partial charge is 0.484 e. The molecule has 5 nitrogen and oxygen atoms in total. The molecule has 0 bridgehead atoms. The molecular weight excluding hydrogens is 286 g/mol. The van der Waals surface area contributed by atoms with E-state index in [1.165, 1.54) is 4.88 Å². The van der Waals surface area contributed by atoms with Crippen LogP contribution in [0.15, 0.2) is 24.3 Å². The smallest absolute Gasteiger partial charge is 0.255 e. The van der Waals surface area contributed by atoms with Crippen molar-refractivity contribution in [1.82, 2.24) is 4.98 Å². The summed E-state index contributed by atoms with van der Waals surface area (Å²) in [5.74, 6) is 0.118. The third kappa shape index (κ3) is 4.19. The number of nitrogens with zero attached hydrogens (tertiary/aromatic N) is 1. The summed E-state index contributed by atoms with van der Waals surface area (Å²) in [6, 6.07) is 7.54. The Labute approximate surface area is 128 Å². The Bertz CT molecular complexity index is 640. The van der Waals surface area contributed by atoms with Crippen LogP contribution in [0.2, 0.25) is 0 Å². The van der Waals surface area contributed by atoms with Gasteiger partial charge < -0.3 is 15.8 Å². The van der Waals surface area contributed by atoms with Gasteiger partial charge in [-0.3, -0.25) is 4.79 Å². The normalized spacial score (nSPS) is 12.0. The van der Waals surface area contributed by atoms with Gasteiger partial charge in [0.05, 0.1) is 16.7 Å². The van der Waals surface area contributed by atoms with Gasteiger partial charge in [0.25, 0.3) is 5.91 Å².